The van der Waals surface area contributed by atoms with Gasteiger partial charge in [0.05, 0.1) is 25.5 Å². The first-order valence-electron chi connectivity index (χ1n) is 10.4. The molecule has 4 rings (SSSR count). The summed E-state index contributed by atoms with van der Waals surface area (Å²) in [5.74, 6) is 1.53. The predicted molar refractivity (Wildman–Crippen MR) is 131 cm³/mol. The molecule has 6 heteroatoms. The fraction of sp³-hybridized carbons (Fsp3) is 0.192. The van der Waals surface area contributed by atoms with Crippen molar-refractivity contribution in [3.63, 3.8) is 0 Å². The number of H-pyrrole nitrogens is 1. The Hall–Kier alpha value is -3.38. The van der Waals surface area contributed by atoms with Crippen LogP contribution < -0.4 is 14.8 Å². The van der Waals surface area contributed by atoms with Crippen LogP contribution in [0.15, 0.2) is 71.6 Å². The third-order valence-electron chi connectivity index (χ3n) is 5.28. The van der Waals surface area contributed by atoms with Gasteiger partial charge in [0.1, 0.15) is 0 Å². The number of thioether (sulfide) groups is 1. The van der Waals surface area contributed by atoms with Gasteiger partial charge in [0.15, 0.2) is 11.5 Å². The molecule has 0 spiro atoms. The highest BCUT2D eigenvalue weighted by Gasteiger charge is 2.17. The van der Waals surface area contributed by atoms with E-state index >= 15 is 0 Å². The number of aromatic nitrogens is 1. The van der Waals surface area contributed by atoms with Crippen LogP contribution in [0.25, 0.3) is 22.2 Å². The van der Waals surface area contributed by atoms with E-state index in [9.17, 15) is 4.79 Å². The zero-order chi connectivity index (χ0) is 22.5. The second-order valence-electron chi connectivity index (χ2n) is 7.39. The Balaban J connectivity index is 1.49. The summed E-state index contributed by atoms with van der Waals surface area (Å²) in [6, 6.07) is 22.1. The number of nitrogens with one attached hydrogen (secondary N) is 2. The van der Waals surface area contributed by atoms with E-state index < -0.39 is 0 Å². The van der Waals surface area contributed by atoms with Gasteiger partial charge < -0.3 is 19.8 Å². The minimum Gasteiger partial charge on any atom is -0.493 e. The van der Waals surface area contributed by atoms with E-state index in [2.05, 4.69) is 59.7 Å². The maximum Gasteiger partial charge on any atom is 0.255 e. The maximum atomic E-state index is 12.7. The van der Waals surface area contributed by atoms with Gasteiger partial charge in [-0.1, -0.05) is 54.1 Å². The van der Waals surface area contributed by atoms with Crippen LogP contribution >= 0.6 is 11.8 Å². The monoisotopic (exact) mass is 446 g/mol. The molecule has 0 bridgehead atoms. The predicted octanol–water partition coefficient (Wildman–Crippen LogP) is 5.68. The molecule has 0 aliphatic heterocycles. The summed E-state index contributed by atoms with van der Waals surface area (Å²) in [5, 5.41) is 4.19. The molecule has 3 aromatic carbocycles. The number of aryl methyl sites for hydroxylation is 1. The fourth-order valence-corrected chi connectivity index (χ4v) is 4.72. The zero-order valence-corrected chi connectivity index (χ0v) is 19.2. The van der Waals surface area contributed by atoms with Gasteiger partial charge in [-0.25, -0.2) is 0 Å². The third-order valence-corrected chi connectivity index (χ3v) is 6.40. The van der Waals surface area contributed by atoms with Crippen molar-refractivity contribution in [2.24, 2.45) is 0 Å². The summed E-state index contributed by atoms with van der Waals surface area (Å²) >= 11 is 1.74. The molecule has 32 heavy (non-hydrogen) atoms. The number of methoxy groups -OCH3 is 2. The molecule has 0 aliphatic rings. The van der Waals surface area contributed by atoms with E-state index in [0.29, 0.717) is 23.6 Å². The van der Waals surface area contributed by atoms with Gasteiger partial charge in [-0.05, 0) is 30.7 Å². The van der Waals surface area contributed by atoms with Gasteiger partial charge in [0.2, 0.25) is 0 Å². The molecule has 4 aromatic rings. The molecule has 2 N–H and O–H groups in total. The Morgan fingerprint density at radius 2 is 1.75 bits per heavy atom. The summed E-state index contributed by atoms with van der Waals surface area (Å²) in [7, 11) is 3.09. The molecule has 1 aromatic heterocycles. The van der Waals surface area contributed by atoms with Crippen LogP contribution in [0.4, 0.5) is 0 Å². The van der Waals surface area contributed by atoms with E-state index in [1.165, 1.54) is 23.0 Å². The molecule has 5 nitrogen and oxygen atoms in total. The van der Waals surface area contributed by atoms with Crippen LogP contribution in [-0.4, -0.2) is 37.4 Å². The number of ether oxygens (including phenoxy) is 2. The molecule has 0 aliphatic carbocycles. The molecular weight excluding hydrogens is 420 g/mol. The smallest absolute Gasteiger partial charge is 0.255 e. The molecule has 0 saturated carbocycles. The lowest BCUT2D eigenvalue weighted by atomic mass is 10.1. The first-order chi connectivity index (χ1) is 15.6. The zero-order valence-electron chi connectivity index (χ0n) is 18.4. The molecule has 0 atom stereocenters. The maximum absolute atomic E-state index is 12.7. The number of benzene rings is 3. The summed E-state index contributed by atoms with van der Waals surface area (Å²) in [4.78, 5) is 17.5. The Kier molecular flexibility index (Phi) is 6.71. The average Bonchev–Trinajstić information content (AvgIpc) is 3.20. The molecule has 0 fully saturated rings. The van der Waals surface area contributed by atoms with Crippen LogP contribution in [0, 0.1) is 6.92 Å². The summed E-state index contributed by atoms with van der Waals surface area (Å²) in [6.45, 7) is 2.61. The van der Waals surface area contributed by atoms with E-state index in [0.717, 1.165) is 22.5 Å². The number of hydrogen-bond acceptors (Lipinski definition) is 4. The molecule has 1 heterocycles. The number of amides is 1. The van der Waals surface area contributed by atoms with E-state index in [-0.39, 0.29) is 5.91 Å². The van der Waals surface area contributed by atoms with Crippen molar-refractivity contribution in [3.8, 4) is 22.8 Å². The fourth-order valence-electron chi connectivity index (χ4n) is 3.67. The lowest BCUT2D eigenvalue weighted by molar-refractivity contribution is 0.0952. The summed E-state index contributed by atoms with van der Waals surface area (Å²) in [5.41, 5.74) is 5.06. The normalized spacial score (nSPS) is 10.8. The Labute approximate surface area is 192 Å². The van der Waals surface area contributed by atoms with Crippen molar-refractivity contribution in [1.82, 2.24) is 10.3 Å². The number of aromatic amines is 1. The summed E-state index contributed by atoms with van der Waals surface area (Å²) in [6.07, 6.45) is 0. The number of hydrogen-bond donors (Lipinski definition) is 2. The van der Waals surface area contributed by atoms with Crippen molar-refractivity contribution in [3.05, 3.63) is 77.9 Å². The van der Waals surface area contributed by atoms with Gasteiger partial charge in [-0.15, -0.1) is 11.8 Å². The standard InChI is InChI=1S/C26H26N2O3S/c1-17-11-13-18(14-12-17)23-25(19-7-4-5-9-21(19)28-23)32-16-15-27-26(29)20-8-6-10-22(30-2)24(20)31-3/h4-14,28H,15-16H2,1-3H3,(H,27,29). The molecular formula is C26H26N2O3S. The Morgan fingerprint density at radius 1 is 0.969 bits per heavy atom. The van der Waals surface area contributed by atoms with Crippen LogP contribution in [-0.2, 0) is 0 Å². The SMILES string of the molecule is COc1cccc(C(=O)NCCSc2c(-c3ccc(C)cc3)[nH]c3ccccc23)c1OC. The Morgan fingerprint density at radius 3 is 2.50 bits per heavy atom. The summed E-state index contributed by atoms with van der Waals surface area (Å²) < 4.78 is 10.7. The van der Waals surface area contributed by atoms with Crippen molar-refractivity contribution in [1.29, 1.82) is 0 Å². The highest BCUT2D eigenvalue weighted by atomic mass is 32.2. The molecule has 0 unspecified atom stereocenters. The average molecular weight is 447 g/mol. The van der Waals surface area contributed by atoms with Gasteiger partial charge >= 0.3 is 0 Å². The number of carbonyl (C=O) groups is 1. The minimum absolute atomic E-state index is 0.181. The molecule has 0 saturated heterocycles. The highest BCUT2D eigenvalue weighted by Crippen LogP contribution is 2.37. The topological polar surface area (TPSA) is 63.3 Å². The molecule has 164 valence electrons. The van der Waals surface area contributed by atoms with E-state index in [1.807, 2.05) is 6.07 Å². The second-order valence-corrected chi connectivity index (χ2v) is 8.49. The van der Waals surface area contributed by atoms with Gasteiger partial charge in [0.25, 0.3) is 5.91 Å². The van der Waals surface area contributed by atoms with Gasteiger partial charge in [-0.2, -0.15) is 0 Å². The van der Waals surface area contributed by atoms with Crippen molar-refractivity contribution in [2.75, 3.05) is 26.5 Å². The van der Waals surface area contributed by atoms with Crippen LogP contribution in [0.3, 0.4) is 0 Å². The van der Waals surface area contributed by atoms with E-state index in [1.54, 1.807) is 37.1 Å². The van der Waals surface area contributed by atoms with Crippen LogP contribution in [0.2, 0.25) is 0 Å². The lowest BCUT2D eigenvalue weighted by Gasteiger charge is -2.12. The first-order valence-corrected chi connectivity index (χ1v) is 11.4. The van der Waals surface area contributed by atoms with Crippen molar-refractivity contribution >= 4 is 28.6 Å². The lowest BCUT2D eigenvalue weighted by Crippen LogP contribution is -2.26. The van der Waals surface area contributed by atoms with Crippen molar-refractivity contribution < 1.29 is 14.3 Å². The number of rotatable bonds is 8. The minimum atomic E-state index is -0.181. The molecule has 1 amide bonds. The quantitative estimate of drug-likeness (QED) is 0.270. The number of para-hydroxylation sites is 2. The van der Waals surface area contributed by atoms with Crippen LogP contribution in [0.5, 0.6) is 11.5 Å². The first kappa shape index (κ1) is 21.8. The van der Waals surface area contributed by atoms with Crippen molar-refractivity contribution in [2.45, 2.75) is 11.8 Å². The third kappa shape index (κ3) is 4.46. The molecule has 0 radical (unpaired) electrons. The Bertz CT molecular complexity index is 1230. The van der Waals surface area contributed by atoms with E-state index in [4.69, 9.17) is 9.47 Å². The van der Waals surface area contributed by atoms with Gasteiger partial charge in [-0.3, -0.25) is 4.79 Å². The largest absolute Gasteiger partial charge is 0.493 e. The van der Waals surface area contributed by atoms with Gasteiger partial charge in [0, 0.05) is 28.1 Å². The number of fused-ring (bicyclic) bond motifs is 1. The highest BCUT2D eigenvalue weighted by molar-refractivity contribution is 7.99. The second kappa shape index (κ2) is 9.83. The van der Waals surface area contributed by atoms with Crippen LogP contribution in [0.1, 0.15) is 15.9 Å². The number of carbonyl (C=O) groups excluding carboxylic acids is 1.